The van der Waals surface area contributed by atoms with E-state index in [1.807, 2.05) is 0 Å². The zero-order valence-electron chi connectivity index (χ0n) is 6.91. The van der Waals surface area contributed by atoms with E-state index in [0.717, 1.165) is 6.92 Å². The van der Waals surface area contributed by atoms with Crippen molar-refractivity contribution in [2.24, 2.45) is 5.92 Å². The van der Waals surface area contributed by atoms with Crippen LogP contribution in [-0.2, 0) is 0 Å². The van der Waals surface area contributed by atoms with Gasteiger partial charge in [0.2, 0.25) is 6.54 Å². The molecule has 0 amide bonds. The van der Waals surface area contributed by atoms with E-state index in [1.165, 1.54) is 0 Å². The molecule has 0 aromatic carbocycles. The Morgan fingerprint density at radius 3 is 2.31 bits per heavy atom. The van der Waals surface area contributed by atoms with E-state index in [4.69, 9.17) is 5.11 Å². The molecule has 0 saturated carbocycles. The highest BCUT2D eigenvalue weighted by molar-refractivity contribution is 4.86. The SMILES string of the molecule is CC(CF)C(O)(C[N+](=O)[O-])C(F)F. The van der Waals surface area contributed by atoms with Crippen LogP contribution >= 0.6 is 0 Å². The maximum absolute atomic E-state index is 12.2. The van der Waals surface area contributed by atoms with Gasteiger partial charge in [0.1, 0.15) is 0 Å². The summed E-state index contributed by atoms with van der Waals surface area (Å²) in [5.74, 6) is -1.46. The molecule has 1 N–H and O–H groups in total. The normalized spacial score (nSPS) is 18.3. The monoisotopic (exact) mass is 201 g/mol. The Labute approximate surface area is 72.5 Å². The van der Waals surface area contributed by atoms with E-state index in [0.29, 0.717) is 0 Å². The summed E-state index contributed by atoms with van der Waals surface area (Å²) in [6, 6.07) is 0. The Balaban J connectivity index is 4.61. The van der Waals surface area contributed by atoms with Crippen molar-refractivity contribution in [3.05, 3.63) is 10.1 Å². The van der Waals surface area contributed by atoms with Gasteiger partial charge in [0, 0.05) is 10.8 Å². The van der Waals surface area contributed by atoms with Gasteiger partial charge in [0.05, 0.1) is 6.67 Å². The predicted molar refractivity (Wildman–Crippen MR) is 38.0 cm³/mol. The fourth-order valence-electron chi connectivity index (χ4n) is 0.780. The third-order valence-electron chi connectivity index (χ3n) is 1.85. The fourth-order valence-corrected chi connectivity index (χ4v) is 0.780. The van der Waals surface area contributed by atoms with Gasteiger partial charge in [-0.3, -0.25) is 14.5 Å². The van der Waals surface area contributed by atoms with Crippen molar-refractivity contribution in [2.75, 3.05) is 13.2 Å². The minimum Gasteiger partial charge on any atom is -0.378 e. The number of nitro groups is 1. The molecular weight excluding hydrogens is 191 g/mol. The topological polar surface area (TPSA) is 63.4 Å². The largest absolute Gasteiger partial charge is 0.378 e. The average Bonchev–Trinajstić information content (AvgIpc) is 2.01. The third kappa shape index (κ3) is 2.83. The van der Waals surface area contributed by atoms with Gasteiger partial charge in [-0.15, -0.1) is 0 Å². The van der Waals surface area contributed by atoms with Crippen LogP contribution in [0.5, 0.6) is 0 Å². The zero-order chi connectivity index (χ0) is 10.6. The first kappa shape index (κ1) is 12.2. The minimum atomic E-state index is -3.33. The van der Waals surface area contributed by atoms with E-state index >= 15 is 0 Å². The summed E-state index contributed by atoms with van der Waals surface area (Å²) >= 11 is 0. The van der Waals surface area contributed by atoms with E-state index < -0.39 is 36.1 Å². The number of alkyl halides is 3. The lowest BCUT2D eigenvalue weighted by molar-refractivity contribution is -0.509. The first-order chi connectivity index (χ1) is 5.84. The van der Waals surface area contributed by atoms with Gasteiger partial charge in [0.25, 0.3) is 6.43 Å². The van der Waals surface area contributed by atoms with Crippen LogP contribution in [0.3, 0.4) is 0 Å². The number of halogens is 3. The van der Waals surface area contributed by atoms with Crippen LogP contribution in [0.15, 0.2) is 0 Å². The molecule has 7 heteroatoms. The van der Waals surface area contributed by atoms with E-state index in [2.05, 4.69) is 0 Å². The molecule has 0 aromatic heterocycles. The summed E-state index contributed by atoms with van der Waals surface area (Å²) in [4.78, 5) is 8.84. The van der Waals surface area contributed by atoms with Crippen molar-refractivity contribution >= 4 is 0 Å². The number of rotatable bonds is 5. The van der Waals surface area contributed by atoms with Crippen molar-refractivity contribution in [3.8, 4) is 0 Å². The van der Waals surface area contributed by atoms with Crippen molar-refractivity contribution in [2.45, 2.75) is 19.0 Å². The molecule has 0 heterocycles. The second-order valence-corrected chi connectivity index (χ2v) is 2.84. The maximum atomic E-state index is 12.2. The molecule has 0 aliphatic heterocycles. The van der Waals surface area contributed by atoms with Crippen LogP contribution in [0.25, 0.3) is 0 Å². The van der Waals surface area contributed by atoms with Gasteiger partial charge in [-0.05, 0) is 0 Å². The quantitative estimate of drug-likeness (QED) is 0.530. The van der Waals surface area contributed by atoms with Crippen LogP contribution in [0.4, 0.5) is 13.2 Å². The van der Waals surface area contributed by atoms with Crippen LogP contribution in [-0.4, -0.2) is 35.3 Å². The maximum Gasteiger partial charge on any atom is 0.273 e. The summed E-state index contributed by atoms with van der Waals surface area (Å²) < 4.78 is 36.3. The molecule has 13 heavy (non-hydrogen) atoms. The molecular formula is C6H10F3NO3. The Hall–Kier alpha value is -0.850. The molecule has 2 atom stereocenters. The van der Waals surface area contributed by atoms with Gasteiger partial charge >= 0.3 is 0 Å². The lowest BCUT2D eigenvalue weighted by atomic mass is 9.90. The molecule has 0 saturated heterocycles. The number of nitrogens with zero attached hydrogens (tertiary/aromatic N) is 1. The molecule has 0 spiro atoms. The summed E-state index contributed by atoms with van der Waals surface area (Å²) in [7, 11) is 0. The molecule has 0 fully saturated rings. The first-order valence-corrected chi connectivity index (χ1v) is 3.53. The van der Waals surface area contributed by atoms with Crippen molar-refractivity contribution in [3.63, 3.8) is 0 Å². The van der Waals surface area contributed by atoms with Gasteiger partial charge in [0.15, 0.2) is 5.60 Å². The first-order valence-electron chi connectivity index (χ1n) is 3.53. The third-order valence-corrected chi connectivity index (χ3v) is 1.85. The lowest BCUT2D eigenvalue weighted by Crippen LogP contribution is -2.50. The predicted octanol–water partition coefficient (Wildman–Crippen LogP) is 0.865. The zero-order valence-corrected chi connectivity index (χ0v) is 6.91. The molecule has 0 aliphatic carbocycles. The van der Waals surface area contributed by atoms with Gasteiger partial charge in [-0.25, -0.2) is 8.78 Å². The Bertz CT molecular complexity index is 190. The van der Waals surface area contributed by atoms with E-state index in [9.17, 15) is 23.3 Å². The summed E-state index contributed by atoms with van der Waals surface area (Å²) in [5, 5.41) is 19.0. The van der Waals surface area contributed by atoms with Crippen LogP contribution in [0.2, 0.25) is 0 Å². The second-order valence-electron chi connectivity index (χ2n) is 2.84. The molecule has 78 valence electrons. The van der Waals surface area contributed by atoms with Gasteiger partial charge in [-0.2, -0.15) is 0 Å². The van der Waals surface area contributed by atoms with Crippen LogP contribution in [0.1, 0.15) is 6.92 Å². The second kappa shape index (κ2) is 4.40. The molecule has 0 radical (unpaired) electrons. The number of aliphatic hydroxyl groups is 1. The molecule has 2 unspecified atom stereocenters. The van der Waals surface area contributed by atoms with E-state index in [1.54, 1.807) is 0 Å². The highest BCUT2D eigenvalue weighted by atomic mass is 19.3. The van der Waals surface area contributed by atoms with Crippen molar-refractivity contribution in [1.29, 1.82) is 0 Å². The fraction of sp³-hybridized carbons (Fsp3) is 1.00. The van der Waals surface area contributed by atoms with Crippen molar-refractivity contribution < 1.29 is 23.2 Å². The summed E-state index contributed by atoms with van der Waals surface area (Å²) in [6.45, 7) is -1.58. The Morgan fingerprint density at radius 1 is 1.62 bits per heavy atom. The van der Waals surface area contributed by atoms with Crippen molar-refractivity contribution in [1.82, 2.24) is 0 Å². The van der Waals surface area contributed by atoms with Gasteiger partial charge < -0.3 is 5.11 Å². The van der Waals surface area contributed by atoms with E-state index in [-0.39, 0.29) is 0 Å². The Morgan fingerprint density at radius 2 is 2.08 bits per heavy atom. The Kier molecular flexibility index (Phi) is 4.12. The molecule has 0 aromatic rings. The molecule has 0 rings (SSSR count). The highest BCUT2D eigenvalue weighted by Gasteiger charge is 2.47. The summed E-state index contributed by atoms with van der Waals surface area (Å²) in [5.41, 5.74) is -2.88. The number of hydrogen-bond acceptors (Lipinski definition) is 3. The molecule has 0 bridgehead atoms. The van der Waals surface area contributed by atoms with Crippen LogP contribution < -0.4 is 0 Å². The minimum absolute atomic E-state index is 0.996. The average molecular weight is 201 g/mol. The lowest BCUT2D eigenvalue weighted by Gasteiger charge is -2.27. The van der Waals surface area contributed by atoms with Gasteiger partial charge in [-0.1, -0.05) is 6.92 Å². The standard InChI is InChI=1S/C6H10F3NO3/c1-4(2-7)6(11,5(8)9)3-10(12)13/h4-5,11H,2-3H2,1H3. The smallest absolute Gasteiger partial charge is 0.273 e. The van der Waals surface area contributed by atoms with Crippen LogP contribution in [0, 0.1) is 16.0 Å². The summed E-state index contributed by atoms with van der Waals surface area (Å²) in [6.07, 6.45) is -3.33. The molecule has 0 aliphatic rings. The molecule has 4 nitrogen and oxygen atoms in total. The number of hydrogen-bond donors (Lipinski definition) is 1. The highest BCUT2D eigenvalue weighted by Crippen LogP contribution is 2.25.